The number of benzene rings is 3. The Balaban J connectivity index is 2.04. The molecule has 0 aliphatic heterocycles. The summed E-state index contributed by atoms with van der Waals surface area (Å²) < 4.78 is 0. The van der Waals surface area contributed by atoms with Crippen molar-refractivity contribution in [2.45, 2.75) is 12.0 Å². The largest absolute Gasteiger partial charge is 0.387 e. The standard InChI is InChI=1S/C20H17ClO/c21-18-13-11-17(12-14-18)20(22)19(15-7-3-1-4-8-15)16-9-5-2-6-10-16/h1-14,19-20,22H/t20-/m0/s1. The van der Waals surface area contributed by atoms with Crippen LogP contribution < -0.4 is 0 Å². The van der Waals surface area contributed by atoms with Crippen molar-refractivity contribution >= 4 is 11.6 Å². The molecule has 0 saturated heterocycles. The highest BCUT2D eigenvalue weighted by atomic mass is 35.5. The van der Waals surface area contributed by atoms with Gasteiger partial charge in [0.05, 0.1) is 6.10 Å². The summed E-state index contributed by atoms with van der Waals surface area (Å²) in [6, 6.07) is 27.6. The molecule has 1 atom stereocenters. The average Bonchev–Trinajstić information content (AvgIpc) is 2.57. The molecule has 22 heavy (non-hydrogen) atoms. The highest BCUT2D eigenvalue weighted by Gasteiger charge is 2.24. The Morgan fingerprint density at radius 1 is 0.591 bits per heavy atom. The summed E-state index contributed by atoms with van der Waals surface area (Å²) in [5, 5.41) is 11.6. The van der Waals surface area contributed by atoms with Gasteiger partial charge in [0.2, 0.25) is 0 Å². The highest BCUT2D eigenvalue weighted by Crippen LogP contribution is 2.36. The van der Waals surface area contributed by atoms with E-state index in [9.17, 15) is 5.11 Å². The first-order valence-electron chi connectivity index (χ1n) is 7.29. The van der Waals surface area contributed by atoms with Crippen LogP contribution in [-0.2, 0) is 0 Å². The van der Waals surface area contributed by atoms with Crippen LogP contribution in [0.5, 0.6) is 0 Å². The van der Waals surface area contributed by atoms with Crippen LogP contribution in [-0.4, -0.2) is 5.11 Å². The Morgan fingerprint density at radius 3 is 1.50 bits per heavy atom. The number of halogens is 1. The fourth-order valence-electron chi connectivity index (χ4n) is 2.73. The maximum Gasteiger partial charge on any atom is 0.0899 e. The normalized spacial score (nSPS) is 12.3. The molecule has 3 aromatic rings. The van der Waals surface area contributed by atoms with Gasteiger partial charge in [-0.25, -0.2) is 0 Å². The third-order valence-electron chi connectivity index (χ3n) is 3.84. The van der Waals surface area contributed by atoms with Gasteiger partial charge in [0.1, 0.15) is 0 Å². The van der Waals surface area contributed by atoms with Gasteiger partial charge < -0.3 is 5.11 Å². The van der Waals surface area contributed by atoms with E-state index in [1.807, 2.05) is 60.7 Å². The molecule has 0 aromatic heterocycles. The molecule has 0 spiro atoms. The highest BCUT2D eigenvalue weighted by molar-refractivity contribution is 6.30. The van der Waals surface area contributed by atoms with Gasteiger partial charge in [-0.3, -0.25) is 0 Å². The first-order chi connectivity index (χ1) is 10.8. The van der Waals surface area contributed by atoms with E-state index in [1.54, 1.807) is 0 Å². The molecule has 0 aliphatic rings. The molecule has 0 amide bonds. The van der Waals surface area contributed by atoms with Crippen LogP contribution in [0.4, 0.5) is 0 Å². The Bertz CT molecular complexity index is 668. The Kier molecular flexibility index (Phi) is 4.57. The molecule has 0 saturated carbocycles. The Hall–Kier alpha value is -2.09. The topological polar surface area (TPSA) is 20.2 Å². The van der Waals surface area contributed by atoms with E-state index in [2.05, 4.69) is 24.3 Å². The van der Waals surface area contributed by atoms with E-state index in [4.69, 9.17) is 11.6 Å². The average molecular weight is 309 g/mol. The quantitative estimate of drug-likeness (QED) is 0.702. The van der Waals surface area contributed by atoms with E-state index in [-0.39, 0.29) is 5.92 Å². The molecule has 110 valence electrons. The second kappa shape index (κ2) is 6.78. The summed E-state index contributed by atoms with van der Waals surface area (Å²) in [5.41, 5.74) is 3.05. The van der Waals surface area contributed by atoms with Gasteiger partial charge in [0.15, 0.2) is 0 Å². The first-order valence-corrected chi connectivity index (χ1v) is 7.67. The molecule has 0 aliphatic carbocycles. The summed E-state index contributed by atoms with van der Waals surface area (Å²) in [4.78, 5) is 0. The molecule has 3 aromatic carbocycles. The SMILES string of the molecule is O[C@@H](c1ccc(Cl)cc1)C(c1ccccc1)c1ccccc1. The van der Waals surface area contributed by atoms with Crippen molar-refractivity contribution in [3.8, 4) is 0 Å². The van der Waals surface area contributed by atoms with Crippen molar-refractivity contribution in [2.75, 3.05) is 0 Å². The minimum atomic E-state index is -0.623. The molecule has 0 heterocycles. The van der Waals surface area contributed by atoms with E-state index in [0.29, 0.717) is 5.02 Å². The molecular formula is C20H17ClO. The Morgan fingerprint density at radius 2 is 1.05 bits per heavy atom. The summed E-state index contributed by atoms with van der Waals surface area (Å²) in [6.07, 6.45) is -0.623. The van der Waals surface area contributed by atoms with Crippen LogP contribution in [0.1, 0.15) is 28.7 Å². The smallest absolute Gasteiger partial charge is 0.0899 e. The van der Waals surface area contributed by atoms with E-state index in [0.717, 1.165) is 16.7 Å². The van der Waals surface area contributed by atoms with Gasteiger partial charge in [0, 0.05) is 10.9 Å². The molecule has 3 rings (SSSR count). The van der Waals surface area contributed by atoms with Gasteiger partial charge in [-0.15, -0.1) is 0 Å². The van der Waals surface area contributed by atoms with Gasteiger partial charge in [-0.1, -0.05) is 84.4 Å². The van der Waals surface area contributed by atoms with E-state index >= 15 is 0 Å². The minimum Gasteiger partial charge on any atom is -0.387 e. The van der Waals surface area contributed by atoms with E-state index < -0.39 is 6.10 Å². The van der Waals surface area contributed by atoms with Crippen molar-refractivity contribution in [3.63, 3.8) is 0 Å². The summed E-state index contributed by atoms with van der Waals surface area (Å²) in [6.45, 7) is 0. The maximum atomic E-state index is 10.9. The maximum absolute atomic E-state index is 10.9. The second-order valence-electron chi connectivity index (χ2n) is 5.30. The molecule has 0 unspecified atom stereocenters. The van der Waals surface area contributed by atoms with Gasteiger partial charge >= 0.3 is 0 Å². The van der Waals surface area contributed by atoms with Crippen LogP contribution in [0.15, 0.2) is 84.9 Å². The van der Waals surface area contributed by atoms with Crippen LogP contribution in [0.2, 0.25) is 5.02 Å². The Labute approximate surface area is 135 Å². The van der Waals surface area contributed by atoms with Gasteiger partial charge in [0.25, 0.3) is 0 Å². The van der Waals surface area contributed by atoms with Crippen LogP contribution in [0.3, 0.4) is 0 Å². The number of aliphatic hydroxyl groups excluding tert-OH is 1. The van der Waals surface area contributed by atoms with Crippen molar-refractivity contribution in [3.05, 3.63) is 107 Å². The molecular weight excluding hydrogens is 292 g/mol. The predicted octanol–water partition coefficient (Wildman–Crippen LogP) is 5.21. The molecule has 2 heteroatoms. The van der Waals surface area contributed by atoms with E-state index in [1.165, 1.54) is 0 Å². The summed E-state index contributed by atoms with van der Waals surface area (Å²) in [5.74, 6) is -0.108. The second-order valence-corrected chi connectivity index (χ2v) is 5.73. The summed E-state index contributed by atoms with van der Waals surface area (Å²) in [7, 11) is 0. The fraction of sp³-hybridized carbons (Fsp3) is 0.100. The van der Waals surface area contributed by atoms with Crippen LogP contribution >= 0.6 is 11.6 Å². The van der Waals surface area contributed by atoms with Crippen molar-refractivity contribution in [2.24, 2.45) is 0 Å². The third kappa shape index (κ3) is 3.22. The van der Waals surface area contributed by atoms with Crippen molar-refractivity contribution < 1.29 is 5.11 Å². The third-order valence-corrected chi connectivity index (χ3v) is 4.10. The van der Waals surface area contributed by atoms with Gasteiger partial charge in [-0.05, 0) is 28.8 Å². The lowest BCUT2D eigenvalue weighted by atomic mass is 9.84. The first kappa shape index (κ1) is 14.8. The molecule has 0 bridgehead atoms. The zero-order valence-electron chi connectivity index (χ0n) is 12.1. The molecule has 0 radical (unpaired) electrons. The van der Waals surface area contributed by atoms with Crippen LogP contribution in [0.25, 0.3) is 0 Å². The molecule has 1 N–H and O–H groups in total. The van der Waals surface area contributed by atoms with Gasteiger partial charge in [-0.2, -0.15) is 0 Å². The number of aliphatic hydroxyl groups is 1. The zero-order valence-corrected chi connectivity index (χ0v) is 12.8. The summed E-state index contributed by atoms with van der Waals surface area (Å²) >= 11 is 5.95. The lowest BCUT2D eigenvalue weighted by Crippen LogP contribution is -2.12. The molecule has 0 fully saturated rings. The number of hydrogen-bond acceptors (Lipinski definition) is 1. The monoisotopic (exact) mass is 308 g/mol. The number of rotatable bonds is 4. The molecule has 1 nitrogen and oxygen atoms in total. The lowest BCUT2D eigenvalue weighted by molar-refractivity contribution is 0.159. The predicted molar refractivity (Wildman–Crippen MR) is 91.1 cm³/mol. The zero-order chi connectivity index (χ0) is 15.4. The lowest BCUT2D eigenvalue weighted by Gasteiger charge is -2.24. The number of hydrogen-bond donors (Lipinski definition) is 1. The van der Waals surface area contributed by atoms with Crippen LogP contribution in [0, 0.1) is 0 Å². The fourth-order valence-corrected chi connectivity index (χ4v) is 2.86. The minimum absolute atomic E-state index is 0.108. The van der Waals surface area contributed by atoms with Crippen molar-refractivity contribution in [1.82, 2.24) is 0 Å². The van der Waals surface area contributed by atoms with Crippen molar-refractivity contribution in [1.29, 1.82) is 0 Å².